The predicted octanol–water partition coefficient (Wildman–Crippen LogP) is 4.86. The summed E-state index contributed by atoms with van der Waals surface area (Å²) >= 11 is 0. The zero-order valence-electron chi connectivity index (χ0n) is 14.0. The molecule has 0 amide bonds. The molecule has 4 fully saturated rings. The number of rotatable bonds is 1. The molecule has 4 saturated carbocycles. The molecule has 0 aromatic heterocycles. The Morgan fingerprint density at radius 3 is 1.82 bits per heavy atom. The van der Waals surface area contributed by atoms with Crippen LogP contribution in [0.3, 0.4) is 0 Å². The third-order valence-electron chi connectivity index (χ3n) is 6.53. The molecule has 0 heterocycles. The summed E-state index contributed by atoms with van der Waals surface area (Å²) in [5.74, 6) is 3.29. The van der Waals surface area contributed by atoms with Crippen LogP contribution >= 0.6 is 0 Å². The van der Waals surface area contributed by atoms with Gasteiger partial charge >= 0.3 is 0 Å². The first-order chi connectivity index (χ1) is 10.3. The van der Waals surface area contributed by atoms with Crippen LogP contribution in [0.2, 0.25) is 0 Å². The van der Waals surface area contributed by atoms with Gasteiger partial charge < -0.3 is 10.2 Å². The Bertz CT molecular complexity index is 574. The van der Waals surface area contributed by atoms with Crippen molar-refractivity contribution in [1.29, 1.82) is 0 Å². The first kappa shape index (κ1) is 14.4. The number of benzene rings is 1. The molecule has 0 atom stereocenters. The molecular weight excluding hydrogens is 272 g/mol. The van der Waals surface area contributed by atoms with Gasteiger partial charge in [-0.15, -0.1) is 0 Å². The van der Waals surface area contributed by atoms with Crippen molar-refractivity contribution >= 4 is 0 Å². The van der Waals surface area contributed by atoms with Crippen molar-refractivity contribution in [1.82, 2.24) is 0 Å². The fraction of sp³-hybridized carbons (Fsp3) is 0.700. The van der Waals surface area contributed by atoms with Crippen molar-refractivity contribution < 1.29 is 10.2 Å². The Balaban J connectivity index is 1.79. The lowest BCUT2D eigenvalue weighted by Gasteiger charge is -2.57. The summed E-state index contributed by atoms with van der Waals surface area (Å²) < 4.78 is 0. The minimum Gasteiger partial charge on any atom is -0.508 e. The molecule has 0 saturated heterocycles. The van der Waals surface area contributed by atoms with Crippen LogP contribution in [0.1, 0.15) is 70.4 Å². The first-order valence-corrected chi connectivity index (χ1v) is 8.84. The SMILES string of the molecule is CC(C)(C)c1cc(O)c(C23CC4CC(CC(C4)C2)C3)cc1O. The van der Waals surface area contributed by atoms with Crippen LogP contribution in [-0.4, -0.2) is 10.2 Å². The van der Waals surface area contributed by atoms with Gasteiger partial charge in [0.2, 0.25) is 0 Å². The highest BCUT2D eigenvalue weighted by Gasteiger charge is 2.52. The van der Waals surface area contributed by atoms with Gasteiger partial charge in [0, 0.05) is 11.1 Å². The maximum Gasteiger partial charge on any atom is 0.119 e. The zero-order chi connectivity index (χ0) is 15.7. The topological polar surface area (TPSA) is 40.5 Å². The molecule has 0 aliphatic heterocycles. The second-order valence-electron chi connectivity index (χ2n) is 9.33. The molecule has 2 nitrogen and oxygen atoms in total. The van der Waals surface area contributed by atoms with E-state index in [1.54, 1.807) is 0 Å². The fourth-order valence-electron chi connectivity index (χ4n) is 6.04. The van der Waals surface area contributed by atoms with Gasteiger partial charge in [0.15, 0.2) is 0 Å². The van der Waals surface area contributed by atoms with Crippen LogP contribution in [0.5, 0.6) is 11.5 Å². The molecule has 5 rings (SSSR count). The molecule has 4 aliphatic carbocycles. The van der Waals surface area contributed by atoms with Gasteiger partial charge in [0.05, 0.1) is 0 Å². The number of phenols is 2. The molecule has 1 aromatic carbocycles. The van der Waals surface area contributed by atoms with E-state index >= 15 is 0 Å². The summed E-state index contributed by atoms with van der Waals surface area (Å²) in [7, 11) is 0. The van der Waals surface area contributed by atoms with E-state index < -0.39 is 0 Å². The number of aromatic hydroxyl groups is 2. The van der Waals surface area contributed by atoms with E-state index in [0.717, 1.165) is 28.9 Å². The summed E-state index contributed by atoms with van der Waals surface area (Å²) in [6.45, 7) is 6.23. The average molecular weight is 300 g/mol. The highest BCUT2D eigenvalue weighted by molar-refractivity contribution is 5.51. The minimum atomic E-state index is -0.151. The molecule has 0 unspecified atom stereocenters. The summed E-state index contributed by atoms with van der Waals surface area (Å²) in [5.41, 5.74) is 1.85. The van der Waals surface area contributed by atoms with E-state index in [2.05, 4.69) is 20.8 Å². The molecule has 0 radical (unpaired) electrons. The van der Waals surface area contributed by atoms with Gasteiger partial charge in [0.1, 0.15) is 11.5 Å². The lowest BCUT2D eigenvalue weighted by atomic mass is 9.48. The van der Waals surface area contributed by atoms with Crippen LogP contribution < -0.4 is 0 Å². The maximum atomic E-state index is 10.7. The van der Waals surface area contributed by atoms with Crippen molar-refractivity contribution in [3.05, 3.63) is 23.3 Å². The smallest absolute Gasteiger partial charge is 0.119 e. The van der Waals surface area contributed by atoms with Crippen molar-refractivity contribution in [2.45, 2.75) is 70.1 Å². The number of phenolic OH excluding ortho intramolecular Hbond substituents is 2. The van der Waals surface area contributed by atoms with Gasteiger partial charge in [-0.3, -0.25) is 0 Å². The van der Waals surface area contributed by atoms with E-state index in [1.807, 2.05) is 12.1 Å². The largest absolute Gasteiger partial charge is 0.508 e. The molecule has 120 valence electrons. The Labute approximate surface area is 133 Å². The molecule has 2 heteroatoms. The van der Waals surface area contributed by atoms with Crippen LogP contribution in [0.25, 0.3) is 0 Å². The summed E-state index contributed by atoms with van der Waals surface area (Å²) in [6.07, 6.45) is 7.81. The number of hydrogen-bond acceptors (Lipinski definition) is 2. The van der Waals surface area contributed by atoms with Gasteiger partial charge in [-0.25, -0.2) is 0 Å². The maximum absolute atomic E-state index is 10.7. The van der Waals surface area contributed by atoms with E-state index in [4.69, 9.17) is 0 Å². The molecule has 0 spiro atoms. The van der Waals surface area contributed by atoms with E-state index in [-0.39, 0.29) is 10.8 Å². The van der Waals surface area contributed by atoms with Crippen molar-refractivity contribution in [3.63, 3.8) is 0 Å². The van der Waals surface area contributed by atoms with E-state index in [9.17, 15) is 10.2 Å². The van der Waals surface area contributed by atoms with Gasteiger partial charge in [-0.2, -0.15) is 0 Å². The third kappa shape index (κ3) is 2.06. The normalized spacial score (nSPS) is 36.8. The standard InChI is InChI=1S/C20H28O2/c1-19(2,3)15-7-18(22)16(8-17(15)21)20-9-12-4-13(10-20)6-14(5-12)11-20/h7-8,12-14,21-22H,4-6,9-11H2,1-3H3. The molecule has 4 aliphatic rings. The van der Waals surface area contributed by atoms with E-state index in [1.165, 1.54) is 38.5 Å². The number of hydrogen-bond donors (Lipinski definition) is 2. The second-order valence-corrected chi connectivity index (χ2v) is 9.33. The van der Waals surface area contributed by atoms with E-state index in [0.29, 0.717) is 11.5 Å². The zero-order valence-corrected chi connectivity index (χ0v) is 14.0. The molecule has 1 aromatic rings. The van der Waals surface area contributed by atoms with Crippen LogP contribution in [0, 0.1) is 17.8 Å². The third-order valence-corrected chi connectivity index (χ3v) is 6.53. The highest BCUT2D eigenvalue weighted by atomic mass is 16.3. The monoisotopic (exact) mass is 300 g/mol. The highest BCUT2D eigenvalue weighted by Crippen LogP contribution is 2.62. The van der Waals surface area contributed by atoms with Gasteiger partial charge in [0.25, 0.3) is 0 Å². The second kappa shape index (κ2) is 4.43. The Morgan fingerprint density at radius 1 is 0.864 bits per heavy atom. The molecular formula is C20H28O2. The van der Waals surface area contributed by atoms with Crippen molar-refractivity contribution in [2.24, 2.45) is 17.8 Å². The molecule has 22 heavy (non-hydrogen) atoms. The first-order valence-electron chi connectivity index (χ1n) is 8.84. The fourth-order valence-corrected chi connectivity index (χ4v) is 6.04. The minimum absolute atomic E-state index is 0.132. The lowest BCUT2D eigenvalue weighted by Crippen LogP contribution is -2.48. The summed E-state index contributed by atoms with van der Waals surface area (Å²) in [4.78, 5) is 0. The Morgan fingerprint density at radius 2 is 1.36 bits per heavy atom. The van der Waals surface area contributed by atoms with Gasteiger partial charge in [-0.05, 0) is 79.2 Å². The van der Waals surface area contributed by atoms with Gasteiger partial charge in [-0.1, -0.05) is 20.8 Å². The molecule has 4 bridgehead atoms. The summed E-state index contributed by atoms with van der Waals surface area (Å²) in [6, 6.07) is 3.71. The Kier molecular flexibility index (Phi) is 2.90. The quantitative estimate of drug-likeness (QED) is 0.727. The van der Waals surface area contributed by atoms with Crippen molar-refractivity contribution in [3.8, 4) is 11.5 Å². The molecule has 2 N–H and O–H groups in total. The summed E-state index contributed by atoms with van der Waals surface area (Å²) in [5, 5.41) is 21.3. The van der Waals surface area contributed by atoms with Crippen LogP contribution in [-0.2, 0) is 10.8 Å². The predicted molar refractivity (Wildman–Crippen MR) is 88.3 cm³/mol. The van der Waals surface area contributed by atoms with Crippen LogP contribution in [0.15, 0.2) is 12.1 Å². The van der Waals surface area contributed by atoms with Crippen LogP contribution in [0.4, 0.5) is 0 Å². The lowest BCUT2D eigenvalue weighted by molar-refractivity contribution is -0.00624. The average Bonchev–Trinajstić information content (AvgIpc) is 2.38. The Hall–Kier alpha value is -1.18. The van der Waals surface area contributed by atoms with Crippen molar-refractivity contribution in [2.75, 3.05) is 0 Å².